The highest BCUT2D eigenvalue weighted by Crippen LogP contribution is 2.35. The number of nitrogens with one attached hydrogen (secondary N) is 1. The number of imide groups is 1. The minimum Gasteiger partial charge on any atom is -0.346 e. The molecule has 0 bridgehead atoms. The van der Waals surface area contributed by atoms with Crippen molar-refractivity contribution in [3.8, 4) is 0 Å². The lowest BCUT2D eigenvalue weighted by Gasteiger charge is -2.23. The van der Waals surface area contributed by atoms with Crippen LogP contribution in [0.4, 0.5) is 4.79 Å². The highest BCUT2D eigenvalue weighted by atomic mass is 35.5. The van der Waals surface area contributed by atoms with Crippen molar-refractivity contribution in [1.82, 2.24) is 15.1 Å². The second kappa shape index (κ2) is 8.85. The third-order valence-corrected chi connectivity index (χ3v) is 5.33. The largest absolute Gasteiger partial charge is 0.346 e. The van der Waals surface area contributed by atoms with Crippen LogP contribution in [0.25, 0.3) is 0 Å². The fraction of sp³-hybridized carbons (Fsp3) is 0.824. The molecule has 1 heterocycles. The Balaban J connectivity index is 0.00000312. The molecule has 2 fully saturated rings. The minimum atomic E-state index is -0.698. The van der Waals surface area contributed by atoms with Gasteiger partial charge in [-0.25, -0.2) is 4.79 Å². The zero-order valence-corrected chi connectivity index (χ0v) is 16.2. The number of nitrogens with zero attached hydrogens (tertiary/aromatic N) is 2. The van der Waals surface area contributed by atoms with E-state index >= 15 is 0 Å². The van der Waals surface area contributed by atoms with Crippen molar-refractivity contribution >= 4 is 30.3 Å². The van der Waals surface area contributed by atoms with Gasteiger partial charge in [-0.1, -0.05) is 26.7 Å². The Morgan fingerprint density at radius 2 is 1.92 bits per heavy atom. The quantitative estimate of drug-likeness (QED) is 0.660. The molecule has 8 heteroatoms. The maximum atomic E-state index is 12.5. The van der Waals surface area contributed by atoms with E-state index < -0.39 is 5.54 Å². The number of halogens is 1. The highest BCUT2D eigenvalue weighted by Gasteiger charge is 2.52. The number of urea groups is 1. The van der Waals surface area contributed by atoms with Gasteiger partial charge in [0.05, 0.1) is 0 Å². The maximum Gasteiger partial charge on any atom is 0.325 e. The molecule has 1 aliphatic carbocycles. The molecule has 1 saturated heterocycles. The van der Waals surface area contributed by atoms with Gasteiger partial charge in [-0.3, -0.25) is 14.5 Å². The number of carbonyl (C=O) groups excluding carboxylic acids is 3. The average Bonchev–Trinajstić information content (AvgIpc) is 3.09. The summed E-state index contributed by atoms with van der Waals surface area (Å²) in [5.74, 6) is 0.142. The van der Waals surface area contributed by atoms with Crippen molar-refractivity contribution in [2.45, 2.75) is 64.0 Å². The maximum absolute atomic E-state index is 12.5. The molecule has 0 aromatic rings. The molecule has 0 aromatic heterocycles. The van der Waals surface area contributed by atoms with Gasteiger partial charge in [0.25, 0.3) is 5.91 Å². The molecular weight excluding hydrogens is 344 g/mol. The summed E-state index contributed by atoms with van der Waals surface area (Å²) in [4.78, 5) is 39.6. The molecule has 0 aromatic carbocycles. The van der Waals surface area contributed by atoms with Gasteiger partial charge in [-0.05, 0) is 25.2 Å². The number of amides is 4. The topological polar surface area (TPSA) is 95.7 Å². The first-order chi connectivity index (χ1) is 11.3. The van der Waals surface area contributed by atoms with Crippen LogP contribution < -0.4 is 11.1 Å². The smallest absolute Gasteiger partial charge is 0.325 e. The number of nitrogens with two attached hydrogens (primary N) is 1. The molecule has 1 aliphatic heterocycles. The molecular formula is C17H31ClN4O3. The lowest BCUT2D eigenvalue weighted by Crippen LogP contribution is -2.44. The van der Waals surface area contributed by atoms with Crippen LogP contribution in [0.5, 0.6) is 0 Å². The summed E-state index contributed by atoms with van der Waals surface area (Å²) in [5, 5.41) is 2.83. The van der Waals surface area contributed by atoms with Gasteiger partial charge < -0.3 is 16.0 Å². The summed E-state index contributed by atoms with van der Waals surface area (Å²) in [6.07, 6.45) is 4.22. The summed E-state index contributed by atoms with van der Waals surface area (Å²) < 4.78 is 0. The summed E-state index contributed by atoms with van der Waals surface area (Å²) >= 11 is 0. The van der Waals surface area contributed by atoms with Gasteiger partial charge >= 0.3 is 6.03 Å². The molecule has 4 amide bonds. The van der Waals surface area contributed by atoms with Crippen molar-refractivity contribution in [2.75, 3.05) is 20.1 Å². The van der Waals surface area contributed by atoms with Gasteiger partial charge in [0.2, 0.25) is 5.91 Å². The predicted molar refractivity (Wildman–Crippen MR) is 98.4 cm³/mol. The van der Waals surface area contributed by atoms with E-state index in [9.17, 15) is 14.4 Å². The molecule has 3 N–H and O–H groups in total. The van der Waals surface area contributed by atoms with E-state index in [0.717, 1.165) is 19.3 Å². The van der Waals surface area contributed by atoms with Gasteiger partial charge in [-0.15, -0.1) is 12.4 Å². The van der Waals surface area contributed by atoms with Crippen molar-refractivity contribution in [3.05, 3.63) is 0 Å². The van der Waals surface area contributed by atoms with Crippen molar-refractivity contribution < 1.29 is 14.4 Å². The Morgan fingerprint density at radius 3 is 2.48 bits per heavy atom. The van der Waals surface area contributed by atoms with Gasteiger partial charge in [-0.2, -0.15) is 0 Å². The third-order valence-electron chi connectivity index (χ3n) is 5.33. The van der Waals surface area contributed by atoms with Crippen LogP contribution in [0.1, 0.15) is 52.4 Å². The molecule has 0 radical (unpaired) electrons. The van der Waals surface area contributed by atoms with Crippen molar-refractivity contribution in [1.29, 1.82) is 0 Å². The normalized spacial score (nSPS) is 20.0. The predicted octanol–water partition coefficient (Wildman–Crippen LogP) is 1.49. The van der Waals surface area contributed by atoms with Crippen LogP contribution >= 0.6 is 12.4 Å². The second-order valence-corrected chi connectivity index (χ2v) is 7.44. The first kappa shape index (κ1) is 21.7. The Kier molecular flexibility index (Phi) is 7.68. The number of rotatable bonds is 7. The molecule has 2 rings (SSSR count). The zero-order chi connectivity index (χ0) is 17.9. The van der Waals surface area contributed by atoms with Crippen LogP contribution in [-0.4, -0.2) is 59.4 Å². The first-order valence-corrected chi connectivity index (χ1v) is 8.90. The fourth-order valence-electron chi connectivity index (χ4n) is 3.40. The first-order valence-electron chi connectivity index (χ1n) is 8.90. The van der Waals surface area contributed by atoms with E-state index in [2.05, 4.69) is 19.2 Å². The number of hydrogen-bond donors (Lipinski definition) is 2. The standard InChI is InChI=1S/C17H30N4O3.ClH/c1-12(2)13(18)6-10-20(3)14(22)7-11-21-15(23)17(19-16(21)24)8-4-5-9-17;/h12-13H,4-11,18H2,1-3H3,(H,19,24);1H. The third kappa shape index (κ3) is 4.85. The Hall–Kier alpha value is -1.34. The molecule has 1 saturated carbocycles. The fourth-order valence-corrected chi connectivity index (χ4v) is 3.40. The molecule has 1 spiro atoms. The van der Waals surface area contributed by atoms with E-state index in [1.807, 2.05) is 0 Å². The summed E-state index contributed by atoms with van der Waals surface area (Å²) in [6, 6.07) is -0.299. The molecule has 144 valence electrons. The van der Waals surface area contributed by atoms with Crippen LogP contribution in [0.3, 0.4) is 0 Å². The van der Waals surface area contributed by atoms with Crippen molar-refractivity contribution in [2.24, 2.45) is 11.7 Å². The van der Waals surface area contributed by atoms with Gasteiger partial charge in [0, 0.05) is 32.6 Å². The van der Waals surface area contributed by atoms with Crippen LogP contribution in [0.15, 0.2) is 0 Å². The Morgan fingerprint density at radius 1 is 1.32 bits per heavy atom. The van der Waals surface area contributed by atoms with E-state index in [0.29, 0.717) is 25.3 Å². The van der Waals surface area contributed by atoms with Gasteiger partial charge in [0.15, 0.2) is 0 Å². The molecule has 25 heavy (non-hydrogen) atoms. The van der Waals surface area contributed by atoms with Crippen LogP contribution in [-0.2, 0) is 9.59 Å². The molecule has 1 atom stereocenters. The van der Waals surface area contributed by atoms with E-state index in [1.165, 1.54) is 4.90 Å². The lowest BCUT2D eigenvalue weighted by molar-refractivity contribution is -0.133. The summed E-state index contributed by atoms with van der Waals surface area (Å²) in [7, 11) is 1.74. The van der Waals surface area contributed by atoms with E-state index in [-0.39, 0.29) is 49.3 Å². The second-order valence-electron chi connectivity index (χ2n) is 7.44. The van der Waals surface area contributed by atoms with Crippen LogP contribution in [0.2, 0.25) is 0 Å². The monoisotopic (exact) mass is 374 g/mol. The van der Waals surface area contributed by atoms with E-state index in [4.69, 9.17) is 5.73 Å². The SMILES string of the molecule is CC(C)C(N)CCN(C)C(=O)CCN1C(=O)NC2(CCCC2)C1=O.Cl. The Labute approximate surface area is 156 Å². The minimum absolute atomic E-state index is 0. The molecule has 1 unspecified atom stereocenters. The molecule has 2 aliphatic rings. The zero-order valence-electron chi connectivity index (χ0n) is 15.4. The lowest BCUT2D eigenvalue weighted by atomic mass is 9.98. The highest BCUT2D eigenvalue weighted by molar-refractivity contribution is 6.07. The van der Waals surface area contributed by atoms with E-state index in [1.54, 1.807) is 11.9 Å². The van der Waals surface area contributed by atoms with Crippen molar-refractivity contribution in [3.63, 3.8) is 0 Å². The number of carbonyl (C=O) groups is 3. The Bertz CT molecular complexity index is 506. The number of hydrogen-bond acceptors (Lipinski definition) is 4. The van der Waals surface area contributed by atoms with Crippen LogP contribution in [0, 0.1) is 5.92 Å². The summed E-state index contributed by atoms with van der Waals surface area (Å²) in [6.45, 7) is 4.85. The summed E-state index contributed by atoms with van der Waals surface area (Å²) in [5.41, 5.74) is 5.30. The molecule has 7 nitrogen and oxygen atoms in total. The average molecular weight is 375 g/mol. The van der Waals surface area contributed by atoms with Gasteiger partial charge in [0.1, 0.15) is 5.54 Å².